The molecule has 0 amide bonds. The molecule has 2 nitrogen and oxygen atoms in total. The van der Waals surface area contributed by atoms with E-state index in [4.69, 9.17) is 0 Å². The zero-order valence-corrected chi connectivity index (χ0v) is 24.1. The molecule has 0 radical (unpaired) electrons. The molecule has 0 spiro atoms. The van der Waals surface area contributed by atoms with Gasteiger partial charge in [-0.3, -0.25) is 5.32 Å². The standard InChI is InChI=1S/C40H26N2S/c1-2-10-25(11-3-1)40-41-36(24-37(42-40)34-18-9-17-33-32-14-6-7-19-38(32)43-39(33)34)31-16-8-15-29-30(31)21-20-28-22-26-12-4-5-13-27(26)23-35(28)29/h1-6,8-18,20-24,37,40-42H. The molecular formula is C40H26N2S. The third-order valence-corrected chi connectivity index (χ3v) is 9.97. The maximum atomic E-state index is 3.92. The van der Waals surface area contributed by atoms with E-state index in [1.807, 2.05) is 6.07 Å². The highest BCUT2D eigenvalue weighted by molar-refractivity contribution is 7.25. The first-order valence-corrected chi connectivity index (χ1v) is 15.5. The van der Waals surface area contributed by atoms with E-state index in [2.05, 4.69) is 150 Å². The van der Waals surface area contributed by atoms with Crippen LogP contribution in [0.2, 0.25) is 0 Å². The zero-order valence-electron chi connectivity index (χ0n) is 23.3. The summed E-state index contributed by atoms with van der Waals surface area (Å²) in [4.78, 5) is 0. The maximum absolute atomic E-state index is 3.92. The Balaban J connectivity index is 1.25. The molecule has 1 aliphatic heterocycles. The second kappa shape index (κ2) is 9.71. The second-order valence-corrected chi connectivity index (χ2v) is 12.3. The summed E-state index contributed by atoms with van der Waals surface area (Å²) in [5.41, 5.74) is 4.85. The minimum absolute atomic E-state index is 0.0156. The number of nitrogens with one attached hydrogen (secondary N) is 2. The van der Waals surface area contributed by atoms with Crippen molar-refractivity contribution in [2.75, 3.05) is 0 Å². The van der Waals surface area contributed by atoms with Gasteiger partial charge in [-0.25, -0.2) is 0 Å². The minimum atomic E-state index is -0.0459. The van der Waals surface area contributed by atoms with Gasteiger partial charge in [-0.05, 0) is 73.8 Å². The summed E-state index contributed by atoms with van der Waals surface area (Å²) in [5, 5.41) is 17.9. The van der Waals surface area contributed by atoms with E-state index < -0.39 is 0 Å². The molecule has 2 atom stereocenters. The van der Waals surface area contributed by atoms with Gasteiger partial charge < -0.3 is 5.32 Å². The smallest absolute Gasteiger partial charge is 0.104 e. The molecule has 9 rings (SSSR count). The van der Waals surface area contributed by atoms with Crippen LogP contribution in [-0.2, 0) is 0 Å². The number of benzene rings is 6. The van der Waals surface area contributed by atoms with Crippen LogP contribution in [0.5, 0.6) is 0 Å². The fourth-order valence-corrected chi connectivity index (χ4v) is 7.93. The normalized spacial score (nSPS) is 16.9. The van der Waals surface area contributed by atoms with Crippen molar-refractivity contribution in [1.82, 2.24) is 10.6 Å². The lowest BCUT2D eigenvalue weighted by Crippen LogP contribution is -2.39. The van der Waals surface area contributed by atoms with Crippen molar-refractivity contribution in [3.05, 3.63) is 162 Å². The van der Waals surface area contributed by atoms with Gasteiger partial charge in [-0.1, -0.05) is 115 Å². The van der Waals surface area contributed by atoms with Crippen molar-refractivity contribution < 1.29 is 0 Å². The topological polar surface area (TPSA) is 24.1 Å². The lowest BCUT2D eigenvalue weighted by atomic mass is 9.92. The molecule has 202 valence electrons. The number of thiophene rings is 1. The highest BCUT2D eigenvalue weighted by Gasteiger charge is 2.26. The Bertz CT molecular complexity index is 2370. The van der Waals surface area contributed by atoms with Gasteiger partial charge in [-0.2, -0.15) is 0 Å². The van der Waals surface area contributed by atoms with E-state index in [0.29, 0.717) is 0 Å². The highest BCUT2D eigenvalue weighted by Crippen LogP contribution is 2.41. The molecule has 0 aliphatic carbocycles. The van der Waals surface area contributed by atoms with E-state index in [0.717, 1.165) is 10.4 Å². The van der Waals surface area contributed by atoms with E-state index in [-0.39, 0.29) is 12.2 Å². The largest absolute Gasteiger partial charge is 0.366 e. The Labute approximate surface area is 253 Å². The van der Waals surface area contributed by atoms with Gasteiger partial charge >= 0.3 is 0 Å². The average Bonchev–Trinajstić information content (AvgIpc) is 3.46. The van der Waals surface area contributed by atoms with Crippen LogP contribution in [0.15, 0.2) is 133 Å². The predicted molar refractivity (Wildman–Crippen MR) is 182 cm³/mol. The molecule has 2 unspecified atom stereocenters. The molecule has 8 aromatic rings. The summed E-state index contributed by atoms with van der Waals surface area (Å²) < 4.78 is 2.45. The maximum Gasteiger partial charge on any atom is 0.104 e. The van der Waals surface area contributed by atoms with Crippen molar-refractivity contribution in [2.24, 2.45) is 0 Å². The third kappa shape index (κ3) is 4.00. The number of fused-ring (bicyclic) bond motifs is 7. The summed E-state index contributed by atoms with van der Waals surface area (Å²) in [6.45, 7) is 0. The van der Waals surface area contributed by atoms with Crippen LogP contribution in [-0.4, -0.2) is 0 Å². The van der Waals surface area contributed by atoms with Crippen LogP contribution >= 0.6 is 11.3 Å². The van der Waals surface area contributed by atoms with Crippen molar-refractivity contribution in [2.45, 2.75) is 12.2 Å². The van der Waals surface area contributed by atoms with Gasteiger partial charge in [0, 0.05) is 26.7 Å². The molecule has 1 aliphatic rings. The van der Waals surface area contributed by atoms with Gasteiger partial charge in [-0.15, -0.1) is 11.3 Å². The fourth-order valence-electron chi connectivity index (χ4n) is 6.72. The lowest BCUT2D eigenvalue weighted by Gasteiger charge is -2.33. The number of hydrogen-bond acceptors (Lipinski definition) is 3. The van der Waals surface area contributed by atoms with Crippen molar-refractivity contribution in [1.29, 1.82) is 0 Å². The first-order chi connectivity index (χ1) is 21.3. The number of rotatable bonds is 3. The van der Waals surface area contributed by atoms with Gasteiger partial charge in [0.1, 0.15) is 6.17 Å². The molecule has 0 saturated carbocycles. The first-order valence-electron chi connectivity index (χ1n) is 14.7. The average molecular weight is 567 g/mol. The Kier molecular flexibility index (Phi) is 5.52. The molecule has 0 fully saturated rings. The van der Waals surface area contributed by atoms with E-state index in [9.17, 15) is 0 Å². The summed E-state index contributed by atoms with van der Waals surface area (Å²) in [5.74, 6) is 0. The summed E-state index contributed by atoms with van der Waals surface area (Å²) in [6.07, 6.45) is 2.32. The zero-order chi connectivity index (χ0) is 28.3. The van der Waals surface area contributed by atoms with Crippen molar-refractivity contribution in [3.8, 4) is 0 Å². The summed E-state index contributed by atoms with van der Waals surface area (Å²) in [6, 6.07) is 52.5. The van der Waals surface area contributed by atoms with Gasteiger partial charge in [0.2, 0.25) is 0 Å². The summed E-state index contributed by atoms with van der Waals surface area (Å²) >= 11 is 1.80. The van der Waals surface area contributed by atoms with Crippen LogP contribution < -0.4 is 10.6 Å². The lowest BCUT2D eigenvalue weighted by molar-refractivity contribution is 0.444. The SMILES string of the molecule is c1ccc2c(c#1)sc1c(C3C=C(c4cccc5c4ccc4cc6ccccc6cc45)NC(c4ccccc4)N3)cccc12. The molecule has 1 aromatic heterocycles. The molecule has 0 saturated heterocycles. The van der Waals surface area contributed by atoms with E-state index >= 15 is 0 Å². The van der Waals surface area contributed by atoms with Crippen LogP contribution in [0.1, 0.15) is 28.9 Å². The molecule has 3 heteroatoms. The Hall–Kier alpha value is -5.14. The van der Waals surface area contributed by atoms with Gasteiger partial charge in [0.25, 0.3) is 0 Å². The van der Waals surface area contributed by atoms with Gasteiger partial charge in [0.15, 0.2) is 0 Å². The highest BCUT2D eigenvalue weighted by atomic mass is 32.1. The first kappa shape index (κ1) is 24.5. The monoisotopic (exact) mass is 566 g/mol. The molecule has 7 aromatic carbocycles. The van der Waals surface area contributed by atoms with E-state index in [1.54, 1.807) is 11.3 Å². The van der Waals surface area contributed by atoms with Crippen LogP contribution in [0.3, 0.4) is 0 Å². The molecule has 0 bridgehead atoms. The predicted octanol–water partition coefficient (Wildman–Crippen LogP) is 10.1. The fraction of sp³-hybridized carbons (Fsp3) is 0.0500. The quantitative estimate of drug-likeness (QED) is 0.164. The van der Waals surface area contributed by atoms with Gasteiger partial charge in [0.05, 0.1) is 10.7 Å². The molecule has 43 heavy (non-hydrogen) atoms. The van der Waals surface area contributed by atoms with Crippen molar-refractivity contribution in [3.63, 3.8) is 0 Å². The molecule has 2 N–H and O–H groups in total. The summed E-state index contributed by atoms with van der Waals surface area (Å²) in [7, 11) is 0. The van der Waals surface area contributed by atoms with E-state index in [1.165, 1.54) is 64.5 Å². The second-order valence-electron chi connectivity index (χ2n) is 11.3. The third-order valence-electron chi connectivity index (χ3n) is 8.78. The van der Waals surface area contributed by atoms with Crippen LogP contribution in [0.4, 0.5) is 0 Å². The Morgan fingerprint density at radius 1 is 0.605 bits per heavy atom. The minimum Gasteiger partial charge on any atom is -0.366 e. The molecule has 2 heterocycles. The Morgan fingerprint density at radius 2 is 1.42 bits per heavy atom. The van der Waals surface area contributed by atoms with Crippen LogP contribution in [0, 0.1) is 12.1 Å². The van der Waals surface area contributed by atoms with Crippen molar-refractivity contribution >= 4 is 69.5 Å². The molecular weight excluding hydrogens is 541 g/mol. The van der Waals surface area contributed by atoms with Crippen LogP contribution in [0.25, 0.3) is 58.2 Å². The Morgan fingerprint density at radius 3 is 2.33 bits per heavy atom. The number of hydrogen-bond donors (Lipinski definition) is 2.